The summed E-state index contributed by atoms with van der Waals surface area (Å²) in [5.41, 5.74) is 0.752. The molecule has 0 aliphatic carbocycles. The molecule has 78 valence electrons. The molecule has 1 atom stereocenters. The van der Waals surface area contributed by atoms with Gasteiger partial charge < -0.3 is 9.84 Å². The largest absolute Gasteiger partial charge is 0.497 e. The van der Waals surface area contributed by atoms with Crippen molar-refractivity contribution in [1.29, 1.82) is 0 Å². The van der Waals surface area contributed by atoms with Crippen LogP contribution in [0.5, 0.6) is 5.75 Å². The molecule has 2 nitrogen and oxygen atoms in total. The van der Waals surface area contributed by atoms with Gasteiger partial charge in [-0.1, -0.05) is 31.5 Å². The number of rotatable bonds is 3. The summed E-state index contributed by atoms with van der Waals surface area (Å²) in [7, 11) is 1.59. The van der Waals surface area contributed by atoms with Crippen molar-refractivity contribution in [3.63, 3.8) is 0 Å². The summed E-state index contributed by atoms with van der Waals surface area (Å²) in [6.07, 6.45) is -0.520. The van der Waals surface area contributed by atoms with E-state index >= 15 is 0 Å². The number of methoxy groups -OCH3 is 1. The number of aliphatic hydroxyl groups is 1. The van der Waals surface area contributed by atoms with Gasteiger partial charge in [-0.25, -0.2) is 0 Å². The number of hydrogen-bond acceptors (Lipinski definition) is 2. The highest BCUT2D eigenvalue weighted by atomic mass is 35.5. The van der Waals surface area contributed by atoms with Gasteiger partial charge in [0.05, 0.1) is 18.2 Å². The molecule has 0 bridgehead atoms. The van der Waals surface area contributed by atoms with E-state index in [9.17, 15) is 5.11 Å². The van der Waals surface area contributed by atoms with Crippen LogP contribution in [0.15, 0.2) is 18.2 Å². The monoisotopic (exact) mass is 214 g/mol. The van der Waals surface area contributed by atoms with Crippen molar-refractivity contribution in [2.75, 3.05) is 7.11 Å². The average molecular weight is 215 g/mol. The average Bonchev–Trinajstić information content (AvgIpc) is 2.16. The molecule has 3 heteroatoms. The van der Waals surface area contributed by atoms with Gasteiger partial charge in [0, 0.05) is 0 Å². The molecule has 14 heavy (non-hydrogen) atoms. The number of aliphatic hydroxyl groups excluding tert-OH is 1. The van der Waals surface area contributed by atoms with E-state index in [2.05, 4.69) is 0 Å². The predicted octanol–water partition coefficient (Wildman–Crippen LogP) is 3.04. The van der Waals surface area contributed by atoms with Crippen LogP contribution in [0.4, 0.5) is 0 Å². The van der Waals surface area contributed by atoms with Crippen LogP contribution in [0, 0.1) is 5.92 Å². The molecule has 0 saturated heterocycles. The van der Waals surface area contributed by atoms with Gasteiger partial charge >= 0.3 is 0 Å². The second kappa shape index (κ2) is 4.67. The molecular formula is C11H15ClO2. The summed E-state index contributed by atoms with van der Waals surface area (Å²) < 4.78 is 5.02. The minimum atomic E-state index is -0.520. The summed E-state index contributed by atoms with van der Waals surface area (Å²) in [4.78, 5) is 0. The van der Waals surface area contributed by atoms with Gasteiger partial charge in [-0.3, -0.25) is 0 Å². The fraction of sp³-hybridized carbons (Fsp3) is 0.455. The number of hydrogen-bond donors (Lipinski definition) is 1. The fourth-order valence-electron chi connectivity index (χ4n) is 1.23. The van der Waals surface area contributed by atoms with Crippen molar-refractivity contribution < 1.29 is 9.84 Å². The maximum Gasteiger partial charge on any atom is 0.120 e. The van der Waals surface area contributed by atoms with Crippen molar-refractivity contribution in [2.45, 2.75) is 20.0 Å². The molecule has 0 spiro atoms. The van der Waals surface area contributed by atoms with E-state index in [-0.39, 0.29) is 5.92 Å². The minimum Gasteiger partial charge on any atom is -0.497 e. The zero-order valence-electron chi connectivity index (χ0n) is 8.62. The zero-order valence-corrected chi connectivity index (χ0v) is 9.38. The lowest BCUT2D eigenvalue weighted by Gasteiger charge is -2.16. The van der Waals surface area contributed by atoms with Gasteiger partial charge in [0.15, 0.2) is 0 Å². The van der Waals surface area contributed by atoms with Gasteiger partial charge in [-0.05, 0) is 23.6 Å². The van der Waals surface area contributed by atoms with Gasteiger partial charge in [-0.15, -0.1) is 0 Å². The molecule has 0 aliphatic heterocycles. The van der Waals surface area contributed by atoms with E-state index in [1.165, 1.54) is 0 Å². The van der Waals surface area contributed by atoms with E-state index in [0.29, 0.717) is 10.8 Å². The SMILES string of the molecule is COc1ccc(C(O)C(C)C)c(Cl)c1. The van der Waals surface area contributed by atoms with Crippen molar-refractivity contribution in [3.05, 3.63) is 28.8 Å². The third-order valence-corrected chi connectivity index (χ3v) is 2.49. The summed E-state index contributed by atoms with van der Waals surface area (Å²) in [5.74, 6) is 0.857. The molecule has 0 radical (unpaired) electrons. The van der Waals surface area contributed by atoms with Crippen molar-refractivity contribution in [2.24, 2.45) is 5.92 Å². The van der Waals surface area contributed by atoms with Gasteiger partial charge in [-0.2, -0.15) is 0 Å². The molecular weight excluding hydrogens is 200 g/mol. The number of benzene rings is 1. The fourth-order valence-corrected chi connectivity index (χ4v) is 1.52. The molecule has 0 saturated carbocycles. The van der Waals surface area contributed by atoms with Crippen LogP contribution in [0.2, 0.25) is 5.02 Å². The Labute approximate surface area is 89.5 Å². The van der Waals surface area contributed by atoms with Crippen LogP contribution < -0.4 is 4.74 Å². The van der Waals surface area contributed by atoms with Crippen LogP contribution in [-0.4, -0.2) is 12.2 Å². The Morgan fingerprint density at radius 2 is 2.00 bits per heavy atom. The van der Waals surface area contributed by atoms with Crippen molar-refractivity contribution >= 4 is 11.6 Å². The van der Waals surface area contributed by atoms with Crippen molar-refractivity contribution in [1.82, 2.24) is 0 Å². The Bertz CT molecular complexity index is 310. The third-order valence-electron chi connectivity index (χ3n) is 2.16. The maximum absolute atomic E-state index is 9.82. The third kappa shape index (κ3) is 2.40. The van der Waals surface area contributed by atoms with E-state index in [0.717, 1.165) is 5.56 Å². The van der Waals surface area contributed by atoms with E-state index in [1.807, 2.05) is 13.8 Å². The molecule has 0 fully saturated rings. The lowest BCUT2D eigenvalue weighted by atomic mass is 9.99. The van der Waals surface area contributed by atoms with E-state index in [1.54, 1.807) is 25.3 Å². The topological polar surface area (TPSA) is 29.5 Å². The Morgan fingerprint density at radius 3 is 2.43 bits per heavy atom. The first-order valence-corrected chi connectivity index (χ1v) is 4.95. The first-order valence-electron chi connectivity index (χ1n) is 4.57. The summed E-state index contributed by atoms with van der Waals surface area (Å²) in [5, 5.41) is 10.4. The predicted molar refractivity (Wildman–Crippen MR) is 57.8 cm³/mol. The first-order chi connectivity index (χ1) is 6.56. The Morgan fingerprint density at radius 1 is 1.36 bits per heavy atom. The normalized spacial score (nSPS) is 13.0. The van der Waals surface area contributed by atoms with Crippen LogP contribution in [-0.2, 0) is 0 Å². The summed E-state index contributed by atoms with van der Waals surface area (Å²) >= 11 is 6.01. The minimum absolute atomic E-state index is 0.154. The second-order valence-corrected chi connectivity index (χ2v) is 3.98. The standard InChI is InChI=1S/C11H15ClO2/c1-7(2)11(13)9-5-4-8(14-3)6-10(9)12/h4-7,11,13H,1-3H3. The molecule has 0 aromatic heterocycles. The van der Waals surface area contributed by atoms with Gasteiger partial charge in [0.25, 0.3) is 0 Å². The molecule has 0 heterocycles. The highest BCUT2D eigenvalue weighted by Crippen LogP contribution is 2.30. The van der Waals surface area contributed by atoms with Crippen LogP contribution >= 0.6 is 11.6 Å². The van der Waals surface area contributed by atoms with Crippen LogP contribution in [0.3, 0.4) is 0 Å². The van der Waals surface area contributed by atoms with E-state index < -0.39 is 6.10 Å². The Balaban J connectivity index is 2.99. The Hall–Kier alpha value is -0.730. The van der Waals surface area contributed by atoms with Gasteiger partial charge in [0.2, 0.25) is 0 Å². The Kier molecular flexibility index (Phi) is 3.78. The van der Waals surface area contributed by atoms with Crippen LogP contribution in [0.25, 0.3) is 0 Å². The lowest BCUT2D eigenvalue weighted by Crippen LogP contribution is -2.05. The quantitative estimate of drug-likeness (QED) is 0.838. The van der Waals surface area contributed by atoms with Gasteiger partial charge in [0.1, 0.15) is 5.75 Å². The molecule has 1 N–H and O–H groups in total. The number of ether oxygens (including phenoxy) is 1. The molecule has 0 aliphatic rings. The first kappa shape index (κ1) is 11.3. The molecule has 0 amide bonds. The van der Waals surface area contributed by atoms with Crippen molar-refractivity contribution in [3.8, 4) is 5.75 Å². The smallest absolute Gasteiger partial charge is 0.120 e. The molecule has 1 aromatic carbocycles. The highest BCUT2D eigenvalue weighted by Gasteiger charge is 2.15. The van der Waals surface area contributed by atoms with E-state index in [4.69, 9.17) is 16.3 Å². The summed E-state index contributed by atoms with van der Waals surface area (Å²) in [6, 6.07) is 5.31. The lowest BCUT2D eigenvalue weighted by molar-refractivity contribution is 0.127. The van der Waals surface area contributed by atoms with Crippen LogP contribution in [0.1, 0.15) is 25.5 Å². The molecule has 1 aromatic rings. The molecule has 1 unspecified atom stereocenters. The molecule has 1 rings (SSSR count). The number of halogens is 1. The zero-order chi connectivity index (χ0) is 10.7. The highest BCUT2D eigenvalue weighted by molar-refractivity contribution is 6.31. The second-order valence-electron chi connectivity index (χ2n) is 3.58. The maximum atomic E-state index is 9.82. The summed E-state index contributed by atoms with van der Waals surface area (Å²) in [6.45, 7) is 3.90.